The Labute approximate surface area is 161 Å². The van der Waals surface area contributed by atoms with E-state index in [9.17, 15) is 0 Å². The summed E-state index contributed by atoms with van der Waals surface area (Å²) in [6.45, 7) is 11.9. The van der Waals surface area contributed by atoms with E-state index in [-0.39, 0.29) is 21.7 Å². The minimum Gasteiger partial charge on any atom is -0.343 e. The summed E-state index contributed by atoms with van der Waals surface area (Å²) in [6, 6.07) is 20.0. The predicted molar refractivity (Wildman–Crippen MR) is 103 cm³/mol. The molecule has 0 radical (unpaired) electrons. The Hall–Kier alpha value is -0.586. The molecular weight excluding hydrogens is 312 g/mol. The molecule has 0 fully saturated rings. The van der Waals surface area contributed by atoms with Crippen LogP contribution in [0.1, 0.15) is 65.2 Å². The Morgan fingerprint density at radius 3 is 1.00 bits per heavy atom. The van der Waals surface area contributed by atoms with Gasteiger partial charge in [0.2, 0.25) is 0 Å². The summed E-state index contributed by atoms with van der Waals surface area (Å²) in [6.07, 6.45) is 10.1. The fourth-order valence-electron chi connectivity index (χ4n) is 1.50. The molecule has 1 heteroatoms. The van der Waals surface area contributed by atoms with Crippen LogP contribution in [0, 0.1) is 13.8 Å². The van der Waals surface area contributed by atoms with Crippen LogP contribution in [0.15, 0.2) is 60.7 Å². The molecule has 0 aliphatic carbocycles. The first kappa shape index (κ1) is 27.3. The quantitative estimate of drug-likeness (QED) is 0.286. The van der Waals surface area contributed by atoms with Crippen molar-refractivity contribution in [1.82, 2.24) is 0 Å². The van der Waals surface area contributed by atoms with Gasteiger partial charge in [-0.2, -0.15) is 49.2 Å². The Morgan fingerprint density at radius 2 is 0.913 bits per heavy atom. The maximum atomic E-state index is 3.72. The van der Waals surface area contributed by atoms with Gasteiger partial charge in [-0.25, -0.2) is 24.3 Å². The summed E-state index contributed by atoms with van der Waals surface area (Å²) >= 11 is 0. The van der Waals surface area contributed by atoms with E-state index in [2.05, 4.69) is 27.7 Å². The summed E-state index contributed by atoms with van der Waals surface area (Å²) in [5.74, 6) is 0. The van der Waals surface area contributed by atoms with Crippen molar-refractivity contribution < 1.29 is 21.7 Å². The molecule has 23 heavy (non-hydrogen) atoms. The van der Waals surface area contributed by atoms with E-state index in [0.717, 1.165) is 12.8 Å². The maximum Gasteiger partial charge on any atom is 4.00 e. The van der Waals surface area contributed by atoms with Crippen molar-refractivity contribution in [3.63, 3.8) is 0 Å². The smallest absolute Gasteiger partial charge is 0.343 e. The van der Waals surface area contributed by atoms with E-state index in [1.165, 1.54) is 38.5 Å². The van der Waals surface area contributed by atoms with Crippen molar-refractivity contribution in [2.24, 2.45) is 0 Å². The fourth-order valence-corrected chi connectivity index (χ4v) is 1.50. The van der Waals surface area contributed by atoms with Crippen molar-refractivity contribution in [2.45, 2.75) is 65.2 Å². The molecule has 0 nitrogen and oxygen atoms in total. The van der Waals surface area contributed by atoms with E-state index in [4.69, 9.17) is 0 Å². The van der Waals surface area contributed by atoms with Gasteiger partial charge < -0.3 is 13.8 Å². The summed E-state index contributed by atoms with van der Waals surface area (Å²) < 4.78 is 0. The van der Waals surface area contributed by atoms with Crippen LogP contribution in [0.5, 0.6) is 0 Å². The van der Waals surface area contributed by atoms with Gasteiger partial charge in [0, 0.05) is 0 Å². The first-order valence-electron chi connectivity index (χ1n) is 8.75. The van der Waals surface area contributed by atoms with E-state index < -0.39 is 0 Å². The molecule has 2 aromatic rings. The van der Waals surface area contributed by atoms with Crippen LogP contribution in [0.3, 0.4) is 0 Å². The zero-order valence-electron chi connectivity index (χ0n) is 15.3. The van der Waals surface area contributed by atoms with E-state index in [0.29, 0.717) is 0 Å². The zero-order chi connectivity index (χ0) is 16.7. The molecule has 0 bridgehead atoms. The molecule has 0 spiro atoms. The standard InChI is InChI=1S/2C6H13.2C5H5.Ti/c2*1-3-5-6-4-2;2*1-2-4-5-3-1;/h2*1,3-6H2,2H3;2*1-5H;/q4*-1;+4. The molecule has 0 heterocycles. The number of unbranched alkanes of at least 4 members (excludes halogenated alkanes) is 6. The largest absolute Gasteiger partial charge is 4.00 e. The molecule has 0 atom stereocenters. The van der Waals surface area contributed by atoms with E-state index >= 15 is 0 Å². The van der Waals surface area contributed by atoms with E-state index in [1.54, 1.807) is 0 Å². The molecule has 0 unspecified atom stereocenters. The topological polar surface area (TPSA) is 0 Å². The average Bonchev–Trinajstić information content (AvgIpc) is 3.29. The van der Waals surface area contributed by atoms with Gasteiger partial charge in [0.15, 0.2) is 0 Å². The van der Waals surface area contributed by atoms with Crippen LogP contribution in [-0.4, -0.2) is 0 Å². The van der Waals surface area contributed by atoms with Gasteiger partial charge >= 0.3 is 21.7 Å². The van der Waals surface area contributed by atoms with Crippen molar-refractivity contribution in [2.75, 3.05) is 0 Å². The van der Waals surface area contributed by atoms with Gasteiger partial charge in [-0.05, 0) is 0 Å². The van der Waals surface area contributed by atoms with Crippen molar-refractivity contribution in [3.8, 4) is 0 Å². The Bertz CT molecular complexity index is 231. The van der Waals surface area contributed by atoms with Crippen LogP contribution >= 0.6 is 0 Å². The van der Waals surface area contributed by atoms with E-state index in [1.807, 2.05) is 60.7 Å². The molecule has 2 rings (SSSR count). The van der Waals surface area contributed by atoms with Crippen LogP contribution in [0.2, 0.25) is 0 Å². The molecule has 0 saturated heterocycles. The third kappa shape index (κ3) is 34.0. The third-order valence-electron chi connectivity index (χ3n) is 2.82. The van der Waals surface area contributed by atoms with Gasteiger partial charge in [-0.15, -0.1) is 0 Å². The van der Waals surface area contributed by atoms with Gasteiger partial charge in [0.25, 0.3) is 0 Å². The van der Waals surface area contributed by atoms with Gasteiger partial charge in [-0.1, -0.05) is 52.4 Å². The summed E-state index contributed by atoms with van der Waals surface area (Å²) in [7, 11) is 0. The molecule has 0 aliphatic heterocycles. The average molecular weight is 348 g/mol. The maximum absolute atomic E-state index is 3.72. The van der Waals surface area contributed by atoms with Crippen LogP contribution in [0.25, 0.3) is 0 Å². The normalized spacial score (nSPS) is 8.17. The molecule has 0 aromatic heterocycles. The second-order valence-corrected chi connectivity index (χ2v) is 5.05. The Morgan fingerprint density at radius 1 is 0.609 bits per heavy atom. The first-order chi connectivity index (χ1) is 10.8. The predicted octanol–water partition coefficient (Wildman–Crippen LogP) is 7.61. The molecular formula is C22H36Ti. The minimum absolute atomic E-state index is 0. The molecule has 128 valence electrons. The summed E-state index contributed by atoms with van der Waals surface area (Å²) in [4.78, 5) is 0. The summed E-state index contributed by atoms with van der Waals surface area (Å²) in [5, 5.41) is 0. The number of hydrogen-bond acceptors (Lipinski definition) is 0. The summed E-state index contributed by atoms with van der Waals surface area (Å²) in [5.41, 5.74) is 0. The van der Waals surface area contributed by atoms with Crippen molar-refractivity contribution in [3.05, 3.63) is 74.5 Å². The van der Waals surface area contributed by atoms with Crippen molar-refractivity contribution in [1.29, 1.82) is 0 Å². The second kappa shape index (κ2) is 29.4. The minimum atomic E-state index is 0. The van der Waals surface area contributed by atoms with Gasteiger partial charge in [0.1, 0.15) is 0 Å². The monoisotopic (exact) mass is 348 g/mol. The molecule has 0 aliphatic rings. The molecule has 0 saturated carbocycles. The van der Waals surface area contributed by atoms with Crippen LogP contribution in [-0.2, 0) is 21.7 Å². The SMILES string of the molecule is [CH2-]CCCCC.[CH2-]CCCCC.[Ti+4].c1cc[cH-]c1.c1cc[cH-]c1. The number of hydrogen-bond donors (Lipinski definition) is 0. The Kier molecular flexibility index (Phi) is 34.9. The fraction of sp³-hybridized carbons (Fsp3) is 0.455. The van der Waals surface area contributed by atoms with Gasteiger partial charge in [-0.3, -0.25) is 0 Å². The molecule has 0 amide bonds. The second-order valence-electron chi connectivity index (χ2n) is 5.05. The third-order valence-corrected chi connectivity index (χ3v) is 2.82. The van der Waals surface area contributed by atoms with Crippen LogP contribution in [0.4, 0.5) is 0 Å². The first-order valence-corrected chi connectivity index (χ1v) is 8.75. The molecule has 0 N–H and O–H groups in total. The number of rotatable bonds is 6. The molecule has 2 aromatic carbocycles. The zero-order valence-corrected chi connectivity index (χ0v) is 16.9. The Balaban J connectivity index is -0.000000229. The van der Waals surface area contributed by atoms with Gasteiger partial charge in [0.05, 0.1) is 0 Å². The van der Waals surface area contributed by atoms with Crippen LogP contribution < -0.4 is 0 Å². The van der Waals surface area contributed by atoms with Crippen molar-refractivity contribution >= 4 is 0 Å².